The Balaban J connectivity index is 2.14. The van der Waals surface area contributed by atoms with Crippen LogP contribution in [0.15, 0.2) is 0 Å². The maximum atomic E-state index is 12.5. The van der Waals surface area contributed by atoms with Gasteiger partial charge in [0.2, 0.25) is 5.79 Å². The Morgan fingerprint density at radius 3 is 2.27 bits per heavy atom. The van der Waals surface area contributed by atoms with Gasteiger partial charge < -0.3 is 9.47 Å². The Morgan fingerprint density at radius 1 is 1.20 bits per heavy atom. The van der Waals surface area contributed by atoms with Crippen LogP contribution in [0.2, 0.25) is 0 Å². The second-order valence-corrected chi connectivity index (χ2v) is 5.84. The third kappa shape index (κ3) is 0.806. The molecule has 0 amide bonds. The Kier molecular flexibility index (Phi) is 1.61. The maximum absolute atomic E-state index is 12.5. The number of hydrogen-bond donors (Lipinski definition) is 0. The molecule has 1 heterocycles. The molecule has 0 aromatic heterocycles. The fourth-order valence-electron chi connectivity index (χ4n) is 3.88. The molecule has 3 nitrogen and oxygen atoms in total. The molecule has 2 saturated carbocycles. The van der Waals surface area contributed by atoms with Gasteiger partial charge in [0.25, 0.3) is 0 Å². The summed E-state index contributed by atoms with van der Waals surface area (Å²) in [6.07, 6.45) is 2.03. The van der Waals surface area contributed by atoms with Crippen LogP contribution in [0.4, 0.5) is 0 Å². The molecule has 15 heavy (non-hydrogen) atoms. The Morgan fingerprint density at radius 2 is 1.80 bits per heavy atom. The highest BCUT2D eigenvalue weighted by atomic mass is 16.7. The Bertz CT molecular complexity index is 328. The number of carbonyl (C=O) groups is 1. The second-order valence-electron chi connectivity index (χ2n) is 5.84. The minimum atomic E-state index is -0.878. The number of ether oxygens (including phenoxy) is 2. The standard InChI is InChI=1S/C12H18O3/c1-10(2)8-4-5-11(10,3)9(13)12(8)14-6-7-15-12/h8H,4-7H2,1-3H3. The molecule has 2 unspecified atom stereocenters. The summed E-state index contributed by atoms with van der Waals surface area (Å²) in [5, 5.41) is 0. The number of Topliss-reactive ketones (excluding diaryl/α,β-unsaturated/α-hetero) is 1. The zero-order valence-electron chi connectivity index (χ0n) is 9.63. The van der Waals surface area contributed by atoms with Crippen molar-refractivity contribution in [2.45, 2.75) is 39.4 Å². The second kappa shape index (κ2) is 2.46. The summed E-state index contributed by atoms with van der Waals surface area (Å²) in [4.78, 5) is 12.5. The highest BCUT2D eigenvalue weighted by molar-refractivity contribution is 5.96. The topological polar surface area (TPSA) is 35.5 Å². The number of carbonyl (C=O) groups excluding carboxylic acids is 1. The van der Waals surface area contributed by atoms with Gasteiger partial charge in [-0.2, -0.15) is 0 Å². The molecule has 1 spiro atoms. The van der Waals surface area contributed by atoms with Crippen molar-refractivity contribution in [2.75, 3.05) is 13.2 Å². The van der Waals surface area contributed by atoms with Gasteiger partial charge in [-0.25, -0.2) is 0 Å². The minimum absolute atomic E-state index is 0.00836. The molecule has 3 rings (SSSR count). The van der Waals surface area contributed by atoms with Crippen molar-refractivity contribution >= 4 is 5.78 Å². The number of hydrogen-bond acceptors (Lipinski definition) is 3. The van der Waals surface area contributed by atoms with Crippen molar-refractivity contribution in [3.63, 3.8) is 0 Å². The summed E-state index contributed by atoms with van der Waals surface area (Å²) in [5.74, 6) is -0.449. The first-order chi connectivity index (χ1) is 6.95. The lowest BCUT2D eigenvalue weighted by Gasteiger charge is -2.32. The summed E-state index contributed by atoms with van der Waals surface area (Å²) in [5.41, 5.74) is -0.240. The van der Waals surface area contributed by atoms with Crippen LogP contribution in [0.25, 0.3) is 0 Å². The molecule has 0 aromatic carbocycles. The van der Waals surface area contributed by atoms with Crippen LogP contribution in [-0.4, -0.2) is 24.8 Å². The number of rotatable bonds is 0. The fourth-order valence-corrected chi connectivity index (χ4v) is 3.88. The van der Waals surface area contributed by atoms with Crippen LogP contribution < -0.4 is 0 Å². The summed E-state index contributed by atoms with van der Waals surface area (Å²) in [7, 11) is 0. The monoisotopic (exact) mass is 210 g/mol. The van der Waals surface area contributed by atoms with Gasteiger partial charge in [0, 0.05) is 11.3 Å². The largest absolute Gasteiger partial charge is 0.341 e. The summed E-state index contributed by atoms with van der Waals surface area (Å²) in [6.45, 7) is 7.57. The minimum Gasteiger partial charge on any atom is -0.341 e. The van der Waals surface area contributed by atoms with E-state index in [0.29, 0.717) is 13.2 Å². The molecule has 1 saturated heterocycles. The van der Waals surface area contributed by atoms with Gasteiger partial charge in [0.1, 0.15) is 0 Å². The molecule has 84 valence electrons. The van der Waals surface area contributed by atoms with Crippen molar-refractivity contribution in [1.29, 1.82) is 0 Å². The van der Waals surface area contributed by atoms with Crippen molar-refractivity contribution in [1.82, 2.24) is 0 Å². The van der Waals surface area contributed by atoms with Crippen LogP contribution in [0.1, 0.15) is 33.6 Å². The van der Waals surface area contributed by atoms with E-state index in [2.05, 4.69) is 20.8 Å². The molecular weight excluding hydrogens is 192 g/mol. The van der Waals surface area contributed by atoms with E-state index < -0.39 is 5.79 Å². The smallest absolute Gasteiger partial charge is 0.233 e. The van der Waals surface area contributed by atoms with E-state index >= 15 is 0 Å². The van der Waals surface area contributed by atoms with Crippen LogP contribution >= 0.6 is 0 Å². The molecule has 2 aliphatic carbocycles. The van der Waals surface area contributed by atoms with Crippen molar-refractivity contribution in [3.8, 4) is 0 Å². The molecular formula is C12H18O3. The quantitative estimate of drug-likeness (QED) is 0.611. The van der Waals surface area contributed by atoms with E-state index in [-0.39, 0.29) is 22.5 Å². The molecule has 0 radical (unpaired) electrons. The molecule has 2 atom stereocenters. The SMILES string of the molecule is CC12CCC(C3(OCCO3)C1=O)C2(C)C. The fraction of sp³-hybridized carbons (Fsp3) is 0.917. The molecule has 0 N–H and O–H groups in total. The van der Waals surface area contributed by atoms with E-state index in [1.54, 1.807) is 0 Å². The van der Waals surface area contributed by atoms with Crippen LogP contribution in [0.3, 0.4) is 0 Å². The highest BCUT2D eigenvalue weighted by Crippen LogP contribution is 2.68. The molecule has 2 bridgehead atoms. The Labute approximate surface area is 90.1 Å². The third-order valence-corrected chi connectivity index (χ3v) is 5.22. The van der Waals surface area contributed by atoms with Crippen LogP contribution in [0.5, 0.6) is 0 Å². The predicted molar refractivity (Wildman–Crippen MR) is 54.3 cm³/mol. The van der Waals surface area contributed by atoms with Crippen molar-refractivity contribution < 1.29 is 14.3 Å². The molecule has 1 aliphatic heterocycles. The predicted octanol–water partition coefficient (Wildman–Crippen LogP) is 1.75. The highest BCUT2D eigenvalue weighted by Gasteiger charge is 2.75. The lowest BCUT2D eigenvalue weighted by Crippen LogP contribution is -2.47. The lowest BCUT2D eigenvalue weighted by atomic mass is 9.70. The molecule has 3 aliphatic rings. The van der Waals surface area contributed by atoms with E-state index in [0.717, 1.165) is 12.8 Å². The van der Waals surface area contributed by atoms with E-state index in [1.807, 2.05) is 0 Å². The Hall–Kier alpha value is -0.410. The van der Waals surface area contributed by atoms with Gasteiger partial charge in [0.15, 0.2) is 5.78 Å². The van der Waals surface area contributed by atoms with Gasteiger partial charge in [-0.1, -0.05) is 20.8 Å². The van der Waals surface area contributed by atoms with E-state index in [1.165, 1.54) is 0 Å². The first-order valence-electron chi connectivity index (χ1n) is 5.78. The number of ketones is 1. The van der Waals surface area contributed by atoms with Crippen LogP contribution in [0, 0.1) is 16.7 Å². The first-order valence-corrected chi connectivity index (χ1v) is 5.78. The van der Waals surface area contributed by atoms with Gasteiger partial charge in [0.05, 0.1) is 13.2 Å². The summed E-state index contributed by atoms with van der Waals surface area (Å²) < 4.78 is 11.4. The lowest BCUT2D eigenvalue weighted by molar-refractivity contribution is -0.199. The van der Waals surface area contributed by atoms with Crippen LogP contribution in [-0.2, 0) is 14.3 Å². The molecule has 0 aromatic rings. The van der Waals surface area contributed by atoms with Gasteiger partial charge >= 0.3 is 0 Å². The molecule has 3 heteroatoms. The van der Waals surface area contributed by atoms with E-state index in [4.69, 9.17) is 9.47 Å². The van der Waals surface area contributed by atoms with Gasteiger partial charge in [-0.15, -0.1) is 0 Å². The first kappa shape index (κ1) is 9.79. The third-order valence-electron chi connectivity index (χ3n) is 5.22. The normalized spacial score (nSPS) is 45.5. The summed E-state index contributed by atoms with van der Waals surface area (Å²) >= 11 is 0. The summed E-state index contributed by atoms with van der Waals surface area (Å²) in [6, 6.07) is 0. The average molecular weight is 210 g/mol. The van der Waals surface area contributed by atoms with E-state index in [9.17, 15) is 4.79 Å². The average Bonchev–Trinajstić information content (AvgIpc) is 2.74. The number of fused-ring (bicyclic) bond motifs is 3. The van der Waals surface area contributed by atoms with Gasteiger partial charge in [-0.05, 0) is 18.3 Å². The maximum Gasteiger partial charge on any atom is 0.233 e. The van der Waals surface area contributed by atoms with Crippen molar-refractivity contribution in [3.05, 3.63) is 0 Å². The van der Waals surface area contributed by atoms with Gasteiger partial charge in [-0.3, -0.25) is 4.79 Å². The molecule has 3 fully saturated rings. The van der Waals surface area contributed by atoms with Crippen molar-refractivity contribution in [2.24, 2.45) is 16.7 Å². The zero-order chi connectivity index (χ0) is 10.9. The zero-order valence-corrected chi connectivity index (χ0v) is 9.63.